The van der Waals surface area contributed by atoms with E-state index in [2.05, 4.69) is 15.3 Å². The molecule has 1 aromatic heterocycles. The molecule has 1 heterocycles. The molecule has 210 valence electrons. The lowest BCUT2D eigenvalue weighted by Crippen LogP contribution is -2.47. The predicted molar refractivity (Wildman–Crippen MR) is 137 cm³/mol. The van der Waals surface area contributed by atoms with E-state index in [1.807, 2.05) is 4.90 Å². The Bertz CT molecular complexity index is 1440. The van der Waals surface area contributed by atoms with Crippen molar-refractivity contribution in [3.63, 3.8) is 0 Å². The normalized spacial score (nSPS) is 20.3. The van der Waals surface area contributed by atoms with Gasteiger partial charge in [-0.2, -0.15) is 13.2 Å². The molecule has 1 fully saturated rings. The summed E-state index contributed by atoms with van der Waals surface area (Å²) in [6, 6.07) is 6.20. The van der Waals surface area contributed by atoms with Gasteiger partial charge < -0.3 is 10.2 Å². The summed E-state index contributed by atoms with van der Waals surface area (Å²) in [7, 11) is -0.524. The third-order valence-corrected chi connectivity index (χ3v) is 8.90. The summed E-state index contributed by atoms with van der Waals surface area (Å²) >= 11 is 6.37. The van der Waals surface area contributed by atoms with E-state index in [0.717, 1.165) is 18.2 Å². The molecule has 4 rings (SSSR count). The van der Waals surface area contributed by atoms with Crippen LogP contribution < -0.4 is 5.32 Å². The van der Waals surface area contributed by atoms with Gasteiger partial charge in [-0.25, -0.2) is 27.2 Å². The zero-order valence-corrected chi connectivity index (χ0v) is 22.6. The van der Waals surface area contributed by atoms with Gasteiger partial charge in [-0.15, -0.1) is 0 Å². The molecule has 1 aliphatic rings. The Morgan fingerprint density at radius 2 is 1.87 bits per heavy atom. The maximum Gasteiger partial charge on any atom is 0.419 e. The smallest absolute Gasteiger partial charge is 0.379 e. The van der Waals surface area contributed by atoms with Crippen LogP contribution in [0.5, 0.6) is 0 Å². The Morgan fingerprint density at radius 3 is 2.51 bits per heavy atom. The van der Waals surface area contributed by atoms with E-state index in [-0.39, 0.29) is 34.1 Å². The molecule has 1 saturated carbocycles. The van der Waals surface area contributed by atoms with Gasteiger partial charge in [0.05, 0.1) is 27.7 Å². The number of nitrogens with zero attached hydrogens (tertiary/aromatic N) is 3. The van der Waals surface area contributed by atoms with Gasteiger partial charge in [0.1, 0.15) is 22.9 Å². The lowest BCUT2D eigenvalue weighted by atomic mass is 9.77. The van der Waals surface area contributed by atoms with Gasteiger partial charge in [0, 0.05) is 18.3 Å². The molecule has 0 aliphatic heterocycles. The number of hydrogen-bond acceptors (Lipinski definition) is 6. The first kappa shape index (κ1) is 29.2. The quantitative estimate of drug-likeness (QED) is 0.337. The summed E-state index contributed by atoms with van der Waals surface area (Å²) < 4.78 is 95.2. The molecule has 3 aromatic rings. The molecule has 2 aromatic carbocycles. The molecule has 3 atom stereocenters. The van der Waals surface area contributed by atoms with Crippen LogP contribution in [0.3, 0.4) is 0 Å². The minimum Gasteiger partial charge on any atom is -0.379 e. The van der Waals surface area contributed by atoms with Gasteiger partial charge in [0.25, 0.3) is 0 Å². The SMILES string of the molecule is CN(C)[C@H]1C[C@@H](c2cccc(C(F)(F)F)c2F)CC[C@@H]1Nc1cc(F)c(S(=O)(=O)Cc2ccncn2)cc1Cl. The third-order valence-electron chi connectivity index (χ3n) is 6.93. The molecule has 0 amide bonds. The van der Waals surface area contributed by atoms with E-state index < -0.39 is 49.8 Å². The zero-order chi connectivity index (χ0) is 28.5. The highest BCUT2D eigenvalue weighted by Gasteiger charge is 2.38. The monoisotopic (exact) mass is 588 g/mol. The average Bonchev–Trinajstić information content (AvgIpc) is 2.86. The fourth-order valence-corrected chi connectivity index (χ4v) is 6.66. The number of hydrogen-bond donors (Lipinski definition) is 1. The number of alkyl halides is 3. The zero-order valence-electron chi connectivity index (χ0n) is 21.0. The second-order valence-corrected chi connectivity index (χ2v) is 12.1. The highest BCUT2D eigenvalue weighted by atomic mass is 35.5. The van der Waals surface area contributed by atoms with E-state index in [1.54, 1.807) is 14.1 Å². The summed E-state index contributed by atoms with van der Waals surface area (Å²) in [5.74, 6) is -3.24. The van der Waals surface area contributed by atoms with E-state index >= 15 is 4.39 Å². The minimum absolute atomic E-state index is 0.0115. The average molecular weight is 589 g/mol. The number of rotatable bonds is 7. The van der Waals surface area contributed by atoms with Crippen molar-refractivity contribution in [1.29, 1.82) is 0 Å². The van der Waals surface area contributed by atoms with Gasteiger partial charge in [-0.3, -0.25) is 0 Å². The fraction of sp³-hybridized carbons (Fsp3) is 0.385. The number of anilines is 1. The molecule has 13 heteroatoms. The predicted octanol–water partition coefficient (Wildman–Crippen LogP) is 6.08. The molecule has 1 aliphatic carbocycles. The number of halogens is 6. The number of nitrogens with one attached hydrogen (secondary N) is 1. The van der Waals surface area contributed by atoms with Crippen LogP contribution in [-0.2, 0) is 21.8 Å². The maximum atomic E-state index is 15.0. The van der Waals surface area contributed by atoms with Crippen molar-refractivity contribution in [1.82, 2.24) is 14.9 Å². The summed E-state index contributed by atoms with van der Waals surface area (Å²) in [5.41, 5.74) is -0.905. The highest BCUT2D eigenvalue weighted by Crippen LogP contribution is 2.41. The van der Waals surface area contributed by atoms with Gasteiger partial charge in [-0.05, 0) is 69.1 Å². The van der Waals surface area contributed by atoms with Crippen LogP contribution in [-0.4, -0.2) is 49.5 Å². The van der Waals surface area contributed by atoms with Gasteiger partial charge in [0.2, 0.25) is 0 Å². The Morgan fingerprint density at radius 1 is 1.13 bits per heavy atom. The molecule has 6 nitrogen and oxygen atoms in total. The second kappa shape index (κ2) is 11.3. The first-order valence-electron chi connectivity index (χ1n) is 12.0. The third kappa shape index (κ3) is 6.50. The standard InChI is InChI=1S/C26H26ClF5N4O2S/c1-36(2)23-10-15(17-4-3-5-18(25(17)29)26(30,31)32)6-7-21(23)35-22-12-20(28)24(11-19(22)27)39(37,38)13-16-8-9-33-14-34-16/h3-5,8-9,11-12,14-15,21,23,35H,6-7,10,13H2,1-2H3/t15-,21-,23-/m0/s1. The number of likely N-dealkylation sites (N-methyl/N-ethyl adjacent to an activating group) is 1. The minimum atomic E-state index is -4.80. The van der Waals surface area contributed by atoms with E-state index in [1.165, 1.54) is 30.7 Å². The van der Waals surface area contributed by atoms with Crippen LogP contribution in [0, 0.1) is 11.6 Å². The number of aromatic nitrogens is 2. The van der Waals surface area contributed by atoms with Crippen molar-refractivity contribution >= 4 is 27.1 Å². The Hall–Kier alpha value is -2.83. The first-order chi connectivity index (χ1) is 18.3. The molecule has 0 bridgehead atoms. The summed E-state index contributed by atoms with van der Waals surface area (Å²) in [4.78, 5) is 8.89. The maximum absolute atomic E-state index is 15.0. The topological polar surface area (TPSA) is 75.2 Å². The molecular formula is C26H26ClF5N4O2S. The van der Waals surface area contributed by atoms with Crippen molar-refractivity contribution < 1.29 is 30.4 Å². The van der Waals surface area contributed by atoms with Crippen molar-refractivity contribution in [2.45, 2.75) is 54.1 Å². The molecule has 0 unspecified atom stereocenters. The highest BCUT2D eigenvalue weighted by molar-refractivity contribution is 7.90. The first-order valence-corrected chi connectivity index (χ1v) is 14.1. The Balaban J connectivity index is 1.55. The van der Waals surface area contributed by atoms with Gasteiger partial charge in [0.15, 0.2) is 9.84 Å². The lowest BCUT2D eigenvalue weighted by molar-refractivity contribution is -0.140. The van der Waals surface area contributed by atoms with Gasteiger partial charge >= 0.3 is 6.18 Å². The van der Waals surface area contributed by atoms with Crippen LogP contribution in [0.15, 0.2) is 53.8 Å². The van der Waals surface area contributed by atoms with Crippen LogP contribution in [0.4, 0.5) is 27.6 Å². The Labute approximate surface area is 228 Å². The van der Waals surface area contributed by atoms with Crippen molar-refractivity contribution in [2.75, 3.05) is 19.4 Å². The van der Waals surface area contributed by atoms with Crippen molar-refractivity contribution in [3.8, 4) is 0 Å². The molecule has 0 spiro atoms. The molecule has 0 radical (unpaired) electrons. The number of sulfone groups is 1. The van der Waals surface area contributed by atoms with Gasteiger partial charge in [-0.1, -0.05) is 23.7 Å². The molecule has 39 heavy (non-hydrogen) atoms. The second-order valence-electron chi connectivity index (χ2n) is 9.72. The summed E-state index contributed by atoms with van der Waals surface area (Å²) in [6.07, 6.45) is -1.08. The largest absolute Gasteiger partial charge is 0.419 e. The summed E-state index contributed by atoms with van der Waals surface area (Å²) in [6.45, 7) is 0. The van der Waals surface area contributed by atoms with Crippen LogP contribution in [0.25, 0.3) is 0 Å². The summed E-state index contributed by atoms with van der Waals surface area (Å²) in [5, 5.41) is 3.16. The van der Waals surface area contributed by atoms with E-state index in [9.17, 15) is 26.0 Å². The lowest BCUT2D eigenvalue weighted by Gasteiger charge is -2.41. The number of benzene rings is 2. The fourth-order valence-electron chi connectivity index (χ4n) is 5.01. The van der Waals surface area contributed by atoms with Crippen molar-refractivity contribution in [2.24, 2.45) is 0 Å². The molecule has 1 N–H and O–H groups in total. The van der Waals surface area contributed by atoms with Crippen LogP contribution in [0.1, 0.15) is 42.0 Å². The van der Waals surface area contributed by atoms with Crippen LogP contribution in [0.2, 0.25) is 5.02 Å². The Kier molecular flexibility index (Phi) is 8.48. The van der Waals surface area contributed by atoms with Crippen molar-refractivity contribution in [3.05, 3.63) is 82.4 Å². The van der Waals surface area contributed by atoms with E-state index in [4.69, 9.17) is 11.6 Å². The van der Waals surface area contributed by atoms with E-state index in [0.29, 0.717) is 19.3 Å². The molecule has 0 saturated heterocycles. The van der Waals surface area contributed by atoms with Crippen LogP contribution >= 0.6 is 11.6 Å². The molecular weight excluding hydrogens is 563 g/mol.